The molecule has 7 heteroatoms. The molecule has 2 N–H and O–H groups in total. The Bertz CT molecular complexity index is 894. The van der Waals surface area contributed by atoms with Crippen molar-refractivity contribution >= 4 is 40.1 Å². The molecule has 112 valence electrons. The third-order valence-corrected chi connectivity index (χ3v) is 3.40. The SMILES string of the molecule is Cn1cc(Cl)cc1C(=O)Nc1ccc2oc(C(=O)O)cc2c1. The Balaban J connectivity index is 1.89. The molecular weight excluding hydrogens is 308 g/mol. The highest BCUT2D eigenvalue weighted by atomic mass is 35.5. The average molecular weight is 319 g/mol. The number of carboxylic acid groups (broad SMARTS) is 1. The molecule has 1 aromatic carbocycles. The van der Waals surface area contributed by atoms with E-state index in [0.29, 0.717) is 27.4 Å². The summed E-state index contributed by atoms with van der Waals surface area (Å²) in [6.07, 6.45) is 1.63. The van der Waals surface area contributed by atoms with Crippen LogP contribution in [0.25, 0.3) is 11.0 Å². The molecule has 3 rings (SSSR count). The monoisotopic (exact) mass is 318 g/mol. The lowest BCUT2D eigenvalue weighted by atomic mass is 10.2. The summed E-state index contributed by atoms with van der Waals surface area (Å²) in [4.78, 5) is 23.1. The van der Waals surface area contributed by atoms with Crippen LogP contribution in [-0.4, -0.2) is 21.6 Å². The van der Waals surface area contributed by atoms with Crippen LogP contribution in [0.1, 0.15) is 21.0 Å². The Labute approximate surface area is 129 Å². The van der Waals surface area contributed by atoms with E-state index in [2.05, 4.69) is 5.32 Å². The molecule has 2 heterocycles. The molecule has 0 bridgehead atoms. The number of furan rings is 1. The fourth-order valence-electron chi connectivity index (χ4n) is 2.17. The second-order valence-corrected chi connectivity index (χ2v) is 5.21. The number of nitrogens with zero attached hydrogens (tertiary/aromatic N) is 1. The number of fused-ring (bicyclic) bond motifs is 1. The van der Waals surface area contributed by atoms with E-state index < -0.39 is 5.97 Å². The molecule has 0 radical (unpaired) electrons. The van der Waals surface area contributed by atoms with Crippen molar-refractivity contribution in [3.05, 3.63) is 53.0 Å². The summed E-state index contributed by atoms with van der Waals surface area (Å²) < 4.78 is 6.78. The molecule has 3 aromatic rings. The summed E-state index contributed by atoms with van der Waals surface area (Å²) in [5.41, 5.74) is 1.40. The molecule has 0 saturated heterocycles. The topological polar surface area (TPSA) is 84.5 Å². The minimum Gasteiger partial charge on any atom is -0.475 e. The van der Waals surface area contributed by atoms with Gasteiger partial charge in [-0.05, 0) is 30.3 Å². The molecule has 6 nitrogen and oxygen atoms in total. The zero-order valence-electron chi connectivity index (χ0n) is 11.5. The number of halogens is 1. The number of aryl methyl sites for hydroxylation is 1. The first-order valence-electron chi connectivity index (χ1n) is 6.34. The van der Waals surface area contributed by atoms with E-state index in [-0.39, 0.29) is 11.7 Å². The van der Waals surface area contributed by atoms with E-state index >= 15 is 0 Å². The van der Waals surface area contributed by atoms with Gasteiger partial charge in [-0.1, -0.05) is 11.6 Å². The van der Waals surface area contributed by atoms with Gasteiger partial charge in [-0.2, -0.15) is 0 Å². The van der Waals surface area contributed by atoms with Gasteiger partial charge in [0, 0.05) is 24.3 Å². The second kappa shape index (κ2) is 5.23. The zero-order chi connectivity index (χ0) is 15.9. The molecule has 0 spiro atoms. The summed E-state index contributed by atoms with van der Waals surface area (Å²) in [5, 5.41) is 12.7. The fraction of sp³-hybridized carbons (Fsp3) is 0.0667. The third-order valence-electron chi connectivity index (χ3n) is 3.19. The van der Waals surface area contributed by atoms with Crippen LogP contribution in [-0.2, 0) is 7.05 Å². The second-order valence-electron chi connectivity index (χ2n) is 4.78. The average Bonchev–Trinajstić information content (AvgIpc) is 3.01. The number of nitrogens with one attached hydrogen (secondary N) is 1. The fourth-order valence-corrected chi connectivity index (χ4v) is 2.42. The van der Waals surface area contributed by atoms with Crippen molar-refractivity contribution in [1.82, 2.24) is 4.57 Å². The Kier molecular flexibility index (Phi) is 3.38. The Morgan fingerprint density at radius 2 is 2.05 bits per heavy atom. The van der Waals surface area contributed by atoms with Gasteiger partial charge in [0.2, 0.25) is 5.76 Å². The van der Waals surface area contributed by atoms with Crippen molar-refractivity contribution in [2.45, 2.75) is 0 Å². The summed E-state index contributed by atoms with van der Waals surface area (Å²) in [6, 6.07) is 7.87. The highest BCUT2D eigenvalue weighted by molar-refractivity contribution is 6.31. The van der Waals surface area contributed by atoms with Gasteiger partial charge in [-0.15, -0.1) is 0 Å². The van der Waals surface area contributed by atoms with Crippen LogP contribution in [0.5, 0.6) is 0 Å². The lowest BCUT2D eigenvalue weighted by Crippen LogP contribution is -2.15. The molecule has 0 aliphatic carbocycles. The minimum atomic E-state index is -1.14. The molecule has 22 heavy (non-hydrogen) atoms. The van der Waals surface area contributed by atoms with Crippen LogP contribution in [0.4, 0.5) is 5.69 Å². The van der Waals surface area contributed by atoms with Gasteiger partial charge < -0.3 is 19.4 Å². The van der Waals surface area contributed by atoms with Gasteiger partial charge in [0.05, 0.1) is 5.02 Å². The van der Waals surface area contributed by atoms with Crippen molar-refractivity contribution in [2.75, 3.05) is 5.32 Å². The first kappa shape index (κ1) is 14.2. The molecule has 0 atom stereocenters. The van der Waals surface area contributed by atoms with Crippen molar-refractivity contribution < 1.29 is 19.1 Å². The summed E-state index contributed by atoms with van der Waals surface area (Å²) >= 11 is 5.85. The van der Waals surface area contributed by atoms with Crippen LogP contribution in [0.2, 0.25) is 5.02 Å². The number of hydrogen-bond acceptors (Lipinski definition) is 3. The maximum Gasteiger partial charge on any atom is 0.371 e. The predicted octanol–water partition coefficient (Wildman–Crippen LogP) is 3.38. The van der Waals surface area contributed by atoms with Crippen LogP contribution >= 0.6 is 11.6 Å². The summed E-state index contributed by atoms with van der Waals surface area (Å²) in [5.74, 6) is -1.59. The normalized spacial score (nSPS) is 10.8. The third kappa shape index (κ3) is 2.56. The van der Waals surface area contributed by atoms with Crippen LogP contribution in [0.15, 0.2) is 40.9 Å². The van der Waals surface area contributed by atoms with Crippen molar-refractivity contribution in [2.24, 2.45) is 7.05 Å². The van der Waals surface area contributed by atoms with Gasteiger partial charge in [0.1, 0.15) is 11.3 Å². The molecule has 0 aliphatic heterocycles. The van der Waals surface area contributed by atoms with E-state index in [0.717, 1.165) is 0 Å². The van der Waals surface area contributed by atoms with Gasteiger partial charge >= 0.3 is 5.97 Å². The number of amides is 1. The number of carbonyl (C=O) groups excluding carboxylic acids is 1. The van der Waals surface area contributed by atoms with Crippen LogP contribution < -0.4 is 5.32 Å². The number of aromatic carboxylic acids is 1. The van der Waals surface area contributed by atoms with Crippen molar-refractivity contribution in [3.8, 4) is 0 Å². The van der Waals surface area contributed by atoms with Gasteiger partial charge in [0.25, 0.3) is 5.91 Å². The van der Waals surface area contributed by atoms with Gasteiger partial charge in [-0.25, -0.2) is 4.79 Å². The van der Waals surface area contributed by atoms with E-state index in [1.807, 2.05) is 0 Å². The minimum absolute atomic E-state index is 0.146. The van der Waals surface area contributed by atoms with Crippen molar-refractivity contribution in [3.63, 3.8) is 0 Å². The summed E-state index contributed by atoms with van der Waals surface area (Å²) in [7, 11) is 1.72. The van der Waals surface area contributed by atoms with Crippen molar-refractivity contribution in [1.29, 1.82) is 0 Å². The standard InChI is InChI=1S/C15H11ClN2O4/c1-18-7-9(16)6-11(18)14(19)17-10-2-3-12-8(4-10)5-13(22-12)15(20)21/h2-7H,1H3,(H,17,19)(H,20,21). The highest BCUT2D eigenvalue weighted by Crippen LogP contribution is 2.24. The largest absolute Gasteiger partial charge is 0.475 e. The molecule has 0 aliphatic rings. The number of carbonyl (C=O) groups is 2. The smallest absolute Gasteiger partial charge is 0.371 e. The van der Waals surface area contributed by atoms with E-state index in [4.69, 9.17) is 21.1 Å². The maximum atomic E-state index is 12.2. The molecule has 2 aromatic heterocycles. The molecule has 0 fully saturated rings. The summed E-state index contributed by atoms with van der Waals surface area (Å²) in [6.45, 7) is 0. The number of hydrogen-bond donors (Lipinski definition) is 2. The Hall–Kier alpha value is -2.73. The van der Waals surface area contributed by atoms with Crippen LogP contribution in [0.3, 0.4) is 0 Å². The number of anilines is 1. The van der Waals surface area contributed by atoms with E-state index in [1.54, 1.807) is 42.1 Å². The quantitative estimate of drug-likeness (QED) is 0.775. The molecule has 0 saturated carbocycles. The van der Waals surface area contributed by atoms with E-state index in [9.17, 15) is 9.59 Å². The lowest BCUT2D eigenvalue weighted by molar-refractivity contribution is 0.0665. The number of carboxylic acids is 1. The highest BCUT2D eigenvalue weighted by Gasteiger charge is 2.14. The first-order chi connectivity index (χ1) is 10.4. The maximum absolute atomic E-state index is 12.2. The molecule has 1 amide bonds. The first-order valence-corrected chi connectivity index (χ1v) is 6.72. The van der Waals surface area contributed by atoms with E-state index in [1.165, 1.54) is 6.07 Å². The van der Waals surface area contributed by atoms with Gasteiger partial charge in [-0.3, -0.25) is 4.79 Å². The molecular formula is C15H11ClN2O4. The van der Waals surface area contributed by atoms with Gasteiger partial charge in [0.15, 0.2) is 0 Å². The number of rotatable bonds is 3. The number of benzene rings is 1. The zero-order valence-corrected chi connectivity index (χ0v) is 12.2. The predicted molar refractivity (Wildman–Crippen MR) is 81.5 cm³/mol. The molecule has 0 unspecified atom stereocenters. The Morgan fingerprint density at radius 1 is 1.27 bits per heavy atom. The van der Waals surface area contributed by atoms with Crippen LogP contribution in [0, 0.1) is 0 Å². The lowest BCUT2D eigenvalue weighted by Gasteiger charge is -2.05. The Morgan fingerprint density at radius 3 is 2.68 bits per heavy atom. The number of aromatic nitrogens is 1.